The van der Waals surface area contributed by atoms with Crippen LogP contribution in [-0.2, 0) is 14.3 Å². The van der Waals surface area contributed by atoms with E-state index in [1.807, 2.05) is 0 Å². The van der Waals surface area contributed by atoms with E-state index in [0.29, 0.717) is 5.56 Å². The summed E-state index contributed by atoms with van der Waals surface area (Å²) < 4.78 is 17.7. The third-order valence-corrected chi connectivity index (χ3v) is 4.26. The van der Waals surface area contributed by atoms with E-state index in [4.69, 9.17) is 4.74 Å². The highest BCUT2D eigenvalue weighted by atomic mass is 19.1. The smallest absolute Gasteiger partial charge is 0.306 e. The van der Waals surface area contributed by atoms with E-state index in [9.17, 15) is 28.9 Å². The van der Waals surface area contributed by atoms with Crippen LogP contribution in [0.1, 0.15) is 34.3 Å². The SMILES string of the molecule is Cc1ccc([N+](=O)[O-])c(NC(=O)COC(=O)CCC(=O)c2ccc(F)cc2)c1C. The van der Waals surface area contributed by atoms with Crippen LogP contribution in [0.3, 0.4) is 0 Å². The monoisotopic (exact) mass is 402 g/mol. The van der Waals surface area contributed by atoms with Gasteiger partial charge in [0.2, 0.25) is 0 Å². The molecule has 1 amide bonds. The van der Waals surface area contributed by atoms with Crippen LogP contribution >= 0.6 is 0 Å². The van der Waals surface area contributed by atoms with Crippen LogP contribution in [0.15, 0.2) is 36.4 Å². The fourth-order valence-corrected chi connectivity index (χ4v) is 2.50. The van der Waals surface area contributed by atoms with E-state index < -0.39 is 29.2 Å². The van der Waals surface area contributed by atoms with Crippen LogP contribution in [0, 0.1) is 29.8 Å². The number of nitrogens with zero attached hydrogens (tertiary/aromatic N) is 1. The third-order valence-electron chi connectivity index (χ3n) is 4.26. The van der Waals surface area contributed by atoms with Crippen LogP contribution in [0.4, 0.5) is 15.8 Å². The standard InChI is InChI=1S/C20H19FN2O6/c1-12-3-8-16(23(27)28)20(13(12)2)22-18(25)11-29-19(26)10-9-17(24)14-4-6-15(21)7-5-14/h3-8H,9-11H2,1-2H3,(H,22,25). The predicted molar refractivity (Wildman–Crippen MR) is 102 cm³/mol. The van der Waals surface area contributed by atoms with Crippen molar-refractivity contribution in [1.29, 1.82) is 0 Å². The molecule has 2 aromatic carbocycles. The van der Waals surface area contributed by atoms with E-state index in [2.05, 4.69) is 5.32 Å². The number of nitro benzene ring substituents is 1. The van der Waals surface area contributed by atoms with Gasteiger partial charge in [0.1, 0.15) is 11.5 Å². The zero-order chi connectivity index (χ0) is 21.6. The van der Waals surface area contributed by atoms with Gasteiger partial charge in [0.05, 0.1) is 11.3 Å². The Morgan fingerprint density at radius 2 is 1.72 bits per heavy atom. The quantitative estimate of drug-likeness (QED) is 0.313. The largest absolute Gasteiger partial charge is 0.456 e. The van der Waals surface area contributed by atoms with Gasteiger partial charge in [0.25, 0.3) is 11.6 Å². The average Bonchev–Trinajstić information content (AvgIpc) is 2.68. The number of esters is 1. The highest BCUT2D eigenvalue weighted by molar-refractivity contribution is 5.98. The lowest BCUT2D eigenvalue weighted by Gasteiger charge is -2.11. The van der Waals surface area contributed by atoms with Crippen LogP contribution in [0.25, 0.3) is 0 Å². The van der Waals surface area contributed by atoms with Crippen molar-refractivity contribution in [1.82, 2.24) is 0 Å². The fourth-order valence-electron chi connectivity index (χ4n) is 2.50. The molecule has 9 heteroatoms. The average molecular weight is 402 g/mol. The molecule has 0 saturated carbocycles. The molecule has 0 aliphatic carbocycles. The van der Waals surface area contributed by atoms with Gasteiger partial charge in [-0.25, -0.2) is 4.39 Å². The van der Waals surface area contributed by atoms with Gasteiger partial charge in [0.15, 0.2) is 12.4 Å². The number of carbonyl (C=O) groups is 3. The molecule has 0 atom stereocenters. The van der Waals surface area contributed by atoms with E-state index in [-0.39, 0.29) is 35.6 Å². The molecule has 0 aliphatic heterocycles. The normalized spacial score (nSPS) is 10.3. The maximum atomic E-state index is 12.9. The molecule has 0 aromatic heterocycles. The lowest BCUT2D eigenvalue weighted by molar-refractivity contribution is -0.384. The summed E-state index contributed by atoms with van der Waals surface area (Å²) >= 11 is 0. The molecule has 1 N–H and O–H groups in total. The molecule has 0 radical (unpaired) electrons. The maximum absolute atomic E-state index is 12.9. The number of nitrogens with one attached hydrogen (secondary N) is 1. The lowest BCUT2D eigenvalue weighted by Crippen LogP contribution is -2.22. The van der Waals surface area contributed by atoms with Crippen molar-refractivity contribution in [3.05, 3.63) is 69.0 Å². The first-order valence-electron chi connectivity index (χ1n) is 8.68. The van der Waals surface area contributed by atoms with Gasteiger partial charge in [-0.15, -0.1) is 0 Å². The molecule has 0 bridgehead atoms. The molecule has 0 fully saturated rings. The second kappa shape index (κ2) is 9.54. The molecule has 2 rings (SSSR count). The number of benzene rings is 2. The van der Waals surface area contributed by atoms with E-state index in [0.717, 1.165) is 17.7 Å². The summed E-state index contributed by atoms with van der Waals surface area (Å²) in [4.78, 5) is 46.3. The van der Waals surface area contributed by atoms with Crippen molar-refractivity contribution in [3.63, 3.8) is 0 Å². The Hall–Kier alpha value is -3.62. The number of rotatable bonds is 8. The summed E-state index contributed by atoms with van der Waals surface area (Å²) in [7, 11) is 0. The third kappa shape index (κ3) is 5.93. The number of hydrogen-bond donors (Lipinski definition) is 1. The maximum Gasteiger partial charge on any atom is 0.306 e. The fraction of sp³-hybridized carbons (Fsp3) is 0.250. The van der Waals surface area contributed by atoms with Crippen molar-refractivity contribution in [3.8, 4) is 0 Å². The number of halogens is 1. The molecule has 8 nitrogen and oxygen atoms in total. The van der Waals surface area contributed by atoms with Gasteiger partial charge in [-0.05, 0) is 49.2 Å². The van der Waals surface area contributed by atoms with Gasteiger partial charge < -0.3 is 10.1 Å². The van der Waals surface area contributed by atoms with Crippen LogP contribution in [0.5, 0.6) is 0 Å². The molecular weight excluding hydrogens is 383 g/mol. The molecule has 0 heterocycles. The minimum Gasteiger partial charge on any atom is -0.456 e. The van der Waals surface area contributed by atoms with E-state index >= 15 is 0 Å². The number of ether oxygens (including phenoxy) is 1. The number of hydrogen-bond acceptors (Lipinski definition) is 6. The van der Waals surface area contributed by atoms with Crippen molar-refractivity contribution >= 4 is 29.0 Å². The highest BCUT2D eigenvalue weighted by Gasteiger charge is 2.20. The van der Waals surface area contributed by atoms with Gasteiger partial charge in [-0.2, -0.15) is 0 Å². The Kier molecular flexibility index (Phi) is 7.13. The first kappa shape index (κ1) is 21.7. The molecule has 0 saturated heterocycles. The second-order valence-electron chi connectivity index (χ2n) is 6.30. The molecule has 0 aliphatic rings. The van der Waals surface area contributed by atoms with Crippen molar-refractivity contribution in [2.75, 3.05) is 11.9 Å². The molecule has 0 spiro atoms. The van der Waals surface area contributed by atoms with Crippen molar-refractivity contribution in [2.45, 2.75) is 26.7 Å². The van der Waals surface area contributed by atoms with Gasteiger partial charge in [0, 0.05) is 18.1 Å². The van der Waals surface area contributed by atoms with E-state index in [1.54, 1.807) is 19.9 Å². The van der Waals surface area contributed by atoms with Gasteiger partial charge in [-0.3, -0.25) is 24.5 Å². The molecule has 0 unspecified atom stereocenters. The Bertz CT molecular complexity index is 956. The summed E-state index contributed by atoms with van der Waals surface area (Å²) in [6.45, 7) is 2.73. The summed E-state index contributed by atoms with van der Waals surface area (Å²) in [5.41, 5.74) is 1.32. The van der Waals surface area contributed by atoms with Crippen LogP contribution < -0.4 is 5.32 Å². The van der Waals surface area contributed by atoms with Gasteiger partial charge >= 0.3 is 5.97 Å². The number of anilines is 1. The Labute approximate surface area is 165 Å². The number of aryl methyl sites for hydroxylation is 1. The minimum absolute atomic E-state index is 0.0440. The van der Waals surface area contributed by atoms with Crippen LogP contribution in [0.2, 0.25) is 0 Å². The number of Topliss-reactive ketones (excluding diaryl/α,β-unsaturated/α-hetero) is 1. The number of ketones is 1. The molecular formula is C20H19FN2O6. The summed E-state index contributed by atoms with van der Waals surface area (Å²) in [5, 5.41) is 13.5. The minimum atomic E-state index is -0.772. The second-order valence-corrected chi connectivity index (χ2v) is 6.30. The lowest BCUT2D eigenvalue weighted by atomic mass is 10.1. The summed E-state index contributed by atoms with van der Waals surface area (Å²) in [5.74, 6) is -2.35. The zero-order valence-corrected chi connectivity index (χ0v) is 15.9. The Morgan fingerprint density at radius 1 is 1.07 bits per heavy atom. The van der Waals surface area contributed by atoms with Crippen molar-refractivity contribution < 1.29 is 28.4 Å². The van der Waals surface area contributed by atoms with Gasteiger partial charge in [-0.1, -0.05) is 6.07 Å². The van der Waals surface area contributed by atoms with E-state index in [1.165, 1.54) is 18.2 Å². The van der Waals surface area contributed by atoms with Crippen LogP contribution in [-0.4, -0.2) is 29.2 Å². The molecule has 152 valence electrons. The Balaban J connectivity index is 1.87. The summed E-state index contributed by atoms with van der Waals surface area (Å²) in [6, 6.07) is 7.76. The number of amides is 1. The molecule has 29 heavy (non-hydrogen) atoms. The number of nitro groups is 1. The highest BCUT2D eigenvalue weighted by Crippen LogP contribution is 2.30. The predicted octanol–water partition coefficient (Wildman–Crippen LogP) is 3.50. The summed E-state index contributed by atoms with van der Waals surface area (Å²) in [6.07, 6.45) is -0.415. The first-order chi connectivity index (χ1) is 13.7. The first-order valence-corrected chi connectivity index (χ1v) is 8.68. The molecule has 2 aromatic rings. The zero-order valence-electron chi connectivity index (χ0n) is 15.9. The topological polar surface area (TPSA) is 116 Å². The number of carbonyl (C=O) groups excluding carboxylic acids is 3. The Morgan fingerprint density at radius 3 is 2.34 bits per heavy atom. The van der Waals surface area contributed by atoms with Crippen molar-refractivity contribution in [2.24, 2.45) is 0 Å².